The molecule has 0 radical (unpaired) electrons. The van der Waals surface area contributed by atoms with Gasteiger partial charge in [-0.1, -0.05) is 90.5 Å². The molecular weight excluding hydrogens is 352 g/mol. The molecule has 3 aromatic carbocycles. The lowest BCUT2D eigenvalue weighted by Gasteiger charge is -2.09. The number of aryl methyl sites for hydroxylation is 1. The third-order valence-electron chi connectivity index (χ3n) is 4.25. The van der Waals surface area contributed by atoms with Crippen molar-refractivity contribution in [2.24, 2.45) is 5.92 Å². The number of carboxylic acids is 2. The third-order valence-corrected chi connectivity index (χ3v) is 4.25. The Morgan fingerprint density at radius 1 is 0.750 bits per heavy atom. The summed E-state index contributed by atoms with van der Waals surface area (Å²) in [5.41, 5.74) is 4.71. The Morgan fingerprint density at radius 2 is 1.25 bits per heavy atom. The molecule has 3 rings (SSSR count). The molecule has 0 unspecified atom stereocenters. The predicted molar refractivity (Wildman–Crippen MR) is 110 cm³/mol. The van der Waals surface area contributed by atoms with E-state index in [4.69, 9.17) is 10.2 Å². The van der Waals surface area contributed by atoms with Crippen molar-refractivity contribution in [2.75, 3.05) is 0 Å². The second-order valence-electron chi connectivity index (χ2n) is 6.55. The van der Waals surface area contributed by atoms with Gasteiger partial charge in [0.2, 0.25) is 0 Å². The standard InChI is InChI=1S/C13H12.C11H12O4/c1-11-7-9-13(10-8-11)12-5-3-2-4-6-12;12-10(13)7-9(11(14)15)6-8-4-2-1-3-5-8/h2-10H,1H3;1-5,9H,6-7H2,(H,12,13)(H,14,15)/t;9-/m.0/s1. The fourth-order valence-electron chi connectivity index (χ4n) is 2.73. The molecule has 0 bridgehead atoms. The van der Waals surface area contributed by atoms with Gasteiger partial charge in [-0.15, -0.1) is 0 Å². The van der Waals surface area contributed by atoms with Crippen molar-refractivity contribution in [3.8, 4) is 11.1 Å². The molecule has 0 heterocycles. The van der Waals surface area contributed by atoms with Crippen LogP contribution in [0.4, 0.5) is 0 Å². The first-order chi connectivity index (χ1) is 13.5. The quantitative estimate of drug-likeness (QED) is 0.630. The normalized spacial score (nSPS) is 11.0. The highest BCUT2D eigenvalue weighted by Crippen LogP contribution is 2.18. The molecule has 144 valence electrons. The second-order valence-corrected chi connectivity index (χ2v) is 6.55. The van der Waals surface area contributed by atoms with E-state index in [9.17, 15) is 9.59 Å². The summed E-state index contributed by atoms with van der Waals surface area (Å²) in [4.78, 5) is 21.2. The van der Waals surface area contributed by atoms with Gasteiger partial charge in [-0.05, 0) is 30.0 Å². The predicted octanol–water partition coefficient (Wildman–Crippen LogP) is 5.07. The largest absolute Gasteiger partial charge is 0.481 e. The van der Waals surface area contributed by atoms with Crippen LogP contribution in [0.15, 0.2) is 84.9 Å². The number of carboxylic acid groups (broad SMARTS) is 2. The maximum atomic E-state index is 10.8. The summed E-state index contributed by atoms with van der Waals surface area (Å²) in [5.74, 6) is -3.01. The molecule has 0 aliphatic rings. The molecule has 3 aromatic rings. The molecule has 28 heavy (non-hydrogen) atoms. The lowest BCUT2D eigenvalue weighted by molar-refractivity contribution is -0.148. The summed E-state index contributed by atoms with van der Waals surface area (Å²) >= 11 is 0. The molecule has 4 heteroatoms. The zero-order valence-corrected chi connectivity index (χ0v) is 15.8. The minimum absolute atomic E-state index is 0.252. The van der Waals surface area contributed by atoms with E-state index in [0.29, 0.717) is 0 Å². The van der Waals surface area contributed by atoms with Crippen LogP contribution in [0.3, 0.4) is 0 Å². The highest BCUT2D eigenvalue weighted by Gasteiger charge is 2.21. The average Bonchev–Trinajstić information content (AvgIpc) is 2.70. The molecule has 2 N–H and O–H groups in total. The van der Waals surface area contributed by atoms with Crippen LogP contribution >= 0.6 is 0 Å². The molecule has 0 aliphatic carbocycles. The van der Waals surface area contributed by atoms with E-state index in [-0.39, 0.29) is 12.8 Å². The van der Waals surface area contributed by atoms with Crippen LogP contribution in [0.1, 0.15) is 17.5 Å². The number of rotatable bonds is 6. The Bertz CT molecular complexity index is 871. The van der Waals surface area contributed by atoms with Gasteiger partial charge in [-0.3, -0.25) is 9.59 Å². The molecule has 0 saturated heterocycles. The summed E-state index contributed by atoms with van der Waals surface area (Å²) < 4.78 is 0. The van der Waals surface area contributed by atoms with Crippen LogP contribution < -0.4 is 0 Å². The van der Waals surface area contributed by atoms with Gasteiger partial charge in [0.25, 0.3) is 0 Å². The Hall–Kier alpha value is -3.40. The molecular formula is C24H24O4. The van der Waals surface area contributed by atoms with E-state index in [1.165, 1.54) is 16.7 Å². The van der Waals surface area contributed by atoms with Crippen molar-refractivity contribution in [2.45, 2.75) is 19.8 Å². The number of benzene rings is 3. The highest BCUT2D eigenvalue weighted by molar-refractivity contribution is 5.78. The molecule has 0 aliphatic heterocycles. The Morgan fingerprint density at radius 3 is 1.75 bits per heavy atom. The lowest BCUT2D eigenvalue weighted by atomic mass is 9.96. The fraction of sp³-hybridized carbons (Fsp3) is 0.167. The average molecular weight is 376 g/mol. The van der Waals surface area contributed by atoms with Crippen molar-refractivity contribution in [3.05, 3.63) is 96.1 Å². The van der Waals surface area contributed by atoms with E-state index in [1.54, 1.807) is 24.3 Å². The van der Waals surface area contributed by atoms with Crippen LogP contribution in [0.25, 0.3) is 11.1 Å². The number of carbonyl (C=O) groups is 2. The smallest absolute Gasteiger partial charge is 0.307 e. The fourth-order valence-corrected chi connectivity index (χ4v) is 2.73. The maximum Gasteiger partial charge on any atom is 0.307 e. The Kier molecular flexibility index (Phi) is 7.97. The van der Waals surface area contributed by atoms with Gasteiger partial charge < -0.3 is 10.2 Å². The SMILES string of the molecule is Cc1ccc(-c2ccccc2)cc1.O=C(O)C[C@H](Cc1ccccc1)C(=O)O. The van der Waals surface area contributed by atoms with Crippen LogP contribution in [-0.4, -0.2) is 22.2 Å². The summed E-state index contributed by atoms with van der Waals surface area (Å²) in [7, 11) is 0. The first-order valence-corrected chi connectivity index (χ1v) is 9.06. The van der Waals surface area contributed by atoms with Gasteiger partial charge in [-0.25, -0.2) is 0 Å². The monoisotopic (exact) mass is 376 g/mol. The number of aliphatic carboxylic acids is 2. The first-order valence-electron chi connectivity index (χ1n) is 9.06. The summed E-state index contributed by atoms with van der Waals surface area (Å²) in [5, 5.41) is 17.4. The highest BCUT2D eigenvalue weighted by atomic mass is 16.4. The number of hydrogen-bond donors (Lipinski definition) is 2. The van der Waals surface area contributed by atoms with Crippen molar-refractivity contribution >= 4 is 11.9 Å². The van der Waals surface area contributed by atoms with Crippen LogP contribution in [0, 0.1) is 12.8 Å². The van der Waals surface area contributed by atoms with Gasteiger partial charge >= 0.3 is 11.9 Å². The van der Waals surface area contributed by atoms with E-state index < -0.39 is 17.9 Å². The third kappa shape index (κ3) is 7.08. The Labute approximate surface area is 165 Å². The van der Waals surface area contributed by atoms with Crippen molar-refractivity contribution < 1.29 is 19.8 Å². The van der Waals surface area contributed by atoms with Crippen LogP contribution in [0.5, 0.6) is 0 Å². The summed E-state index contributed by atoms with van der Waals surface area (Å²) in [6, 6.07) is 28.0. The number of hydrogen-bond acceptors (Lipinski definition) is 2. The molecule has 0 amide bonds. The zero-order chi connectivity index (χ0) is 20.4. The van der Waals surface area contributed by atoms with Crippen LogP contribution in [-0.2, 0) is 16.0 Å². The van der Waals surface area contributed by atoms with Crippen molar-refractivity contribution in [3.63, 3.8) is 0 Å². The molecule has 0 aromatic heterocycles. The summed E-state index contributed by atoms with van der Waals surface area (Å²) in [6.07, 6.45) is -0.0906. The maximum absolute atomic E-state index is 10.8. The van der Waals surface area contributed by atoms with E-state index in [2.05, 4.69) is 55.5 Å². The first kappa shape index (κ1) is 20.9. The lowest BCUT2D eigenvalue weighted by Crippen LogP contribution is -2.20. The minimum atomic E-state index is -1.08. The van der Waals surface area contributed by atoms with E-state index >= 15 is 0 Å². The van der Waals surface area contributed by atoms with E-state index in [1.807, 2.05) is 12.1 Å². The zero-order valence-electron chi connectivity index (χ0n) is 15.8. The van der Waals surface area contributed by atoms with Gasteiger partial charge in [-0.2, -0.15) is 0 Å². The minimum Gasteiger partial charge on any atom is -0.481 e. The molecule has 0 fully saturated rings. The van der Waals surface area contributed by atoms with Gasteiger partial charge in [0, 0.05) is 0 Å². The van der Waals surface area contributed by atoms with Gasteiger partial charge in [0.15, 0.2) is 0 Å². The van der Waals surface area contributed by atoms with Gasteiger partial charge in [0.1, 0.15) is 0 Å². The molecule has 0 saturated carbocycles. The molecule has 1 atom stereocenters. The van der Waals surface area contributed by atoms with Crippen molar-refractivity contribution in [1.29, 1.82) is 0 Å². The van der Waals surface area contributed by atoms with Crippen molar-refractivity contribution in [1.82, 2.24) is 0 Å². The molecule has 4 nitrogen and oxygen atoms in total. The van der Waals surface area contributed by atoms with Crippen LogP contribution in [0.2, 0.25) is 0 Å². The van der Waals surface area contributed by atoms with E-state index in [0.717, 1.165) is 5.56 Å². The Balaban J connectivity index is 0.000000202. The second kappa shape index (κ2) is 10.7. The summed E-state index contributed by atoms with van der Waals surface area (Å²) in [6.45, 7) is 2.11. The van der Waals surface area contributed by atoms with Gasteiger partial charge in [0.05, 0.1) is 12.3 Å². The molecule has 0 spiro atoms. The topological polar surface area (TPSA) is 74.6 Å².